The van der Waals surface area contributed by atoms with Gasteiger partial charge >= 0.3 is 0 Å². The molecule has 0 unspecified atom stereocenters. The Balaban J connectivity index is 0. The molecule has 2 heteroatoms. The molecule has 0 spiro atoms. The summed E-state index contributed by atoms with van der Waals surface area (Å²) < 4.78 is 0. The second kappa shape index (κ2) is 5.21. The summed E-state index contributed by atoms with van der Waals surface area (Å²) in [7, 11) is 0. The Bertz CT molecular complexity index is 68.5. The summed E-state index contributed by atoms with van der Waals surface area (Å²) in [6.07, 6.45) is 1.35. The average Bonchev–Trinajstić information content (AvgIpc) is 1.35. The van der Waals surface area contributed by atoms with E-state index in [9.17, 15) is 4.79 Å². The smallest absolute Gasteiger partial charge is 0.220 e. The number of amides is 1. The predicted octanol–water partition coefficient (Wildman–Crippen LogP) is 0.902. The maximum Gasteiger partial charge on any atom is 0.220 e. The fraction of sp³-hybridized carbons (Fsp3) is 0.400. The van der Waals surface area contributed by atoms with Crippen molar-refractivity contribution in [1.29, 1.82) is 0 Å². The summed E-state index contributed by atoms with van der Waals surface area (Å²) in [5, 5.41) is 2.33. The summed E-state index contributed by atoms with van der Waals surface area (Å²) in [6, 6.07) is 0. The highest BCUT2D eigenvalue weighted by Crippen LogP contribution is 1.54. The van der Waals surface area contributed by atoms with Crippen LogP contribution in [-0.4, -0.2) is 5.91 Å². The molecule has 0 aliphatic heterocycles. The third-order valence-electron chi connectivity index (χ3n) is 0.305. The lowest BCUT2D eigenvalue weighted by molar-refractivity contribution is -0.118. The summed E-state index contributed by atoms with van der Waals surface area (Å²) >= 11 is 0. The molecule has 0 saturated heterocycles. The summed E-state index contributed by atoms with van der Waals surface area (Å²) in [5.41, 5.74) is 0. The molecule has 1 N–H and O–H groups in total. The maximum atomic E-state index is 9.86. The number of carbonyl (C=O) groups excluding carboxylic acids is 1. The van der Waals surface area contributed by atoms with Gasteiger partial charge in [-0.15, -0.1) is 0 Å². The SMILES string of the molecule is C.C=CNC(C)=O. The van der Waals surface area contributed by atoms with E-state index in [4.69, 9.17) is 0 Å². The van der Waals surface area contributed by atoms with Crippen molar-refractivity contribution >= 4 is 5.91 Å². The first kappa shape index (κ1) is 9.51. The quantitative estimate of drug-likeness (QED) is 0.522. The molecule has 0 heterocycles. The fourth-order valence-electron chi connectivity index (χ4n) is 0.144. The first-order valence-corrected chi connectivity index (χ1v) is 1.65. The van der Waals surface area contributed by atoms with Gasteiger partial charge in [-0.2, -0.15) is 0 Å². The van der Waals surface area contributed by atoms with Crippen LogP contribution in [0, 0.1) is 0 Å². The average molecular weight is 101 g/mol. The molecule has 0 aromatic heterocycles. The van der Waals surface area contributed by atoms with Crippen molar-refractivity contribution in [3.63, 3.8) is 0 Å². The second-order valence-electron chi connectivity index (χ2n) is 0.905. The van der Waals surface area contributed by atoms with Gasteiger partial charge in [0.1, 0.15) is 0 Å². The third-order valence-corrected chi connectivity index (χ3v) is 0.305. The Labute approximate surface area is 44.2 Å². The normalized spacial score (nSPS) is 5.86. The van der Waals surface area contributed by atoms with Crippen molar-refractivity contribution < 1.29 is 4.79 Å². The van der Waals surface area contributed by atoms with E-state index in [1.54, 1.807) is 0 Å². The maximum absolute atomic E-state index is 9.86. The zero-order chi connectivity index (χ0) is 4.99. The molecule has 0 saturated carbocycles. The highest BCUT2D eigenvalue weighted by atomic mass is 16.1. The summed E-state index contributed by atoms with van der Waals surface area (Å²) in [6.45, 7) is 4.70. The first-order valence-electron chi connectivity index (χ1n) is 1.65. The molecule has 42 valence electrons. The molecule has 2 nitrogen and oxygen atoms in total. The topological polar surface area (TPSA) is 29.1 Å². The highest BCUT2D eigenvalue weighted by Gasteiger charge is 1.75. The predicted molar refractivity (Wildman–Crippen MR) is 30.7 cm³/mol. The molecule has 0 atom stereocenters. The van der Waals surface area contributed by atoms with Crippen LogP contribution in [0.4, 0.5) is 0 Å². The largest absolute Gasteiger partial charge is 0.334 e. The van der Waals surface area contributed by atoms with Crippen LogP contribution in [0.25, 0.3) is 0 Å². The number of carbonyl (C=O) groups is 1. The van der Waals surface area contributed by atoms with Crippen LogP contribution in [-0.2, 0) is 4.79 Å². The fourth-order valence-corrected chi connectivity index (χ4v) is 0.144. The van der Waals surface area contributed by atoms with Gasteiger partial charge in [-0.25, -0.2) is 0 Å². The molecule has 0 aromatic carbocycles. The van der Waals surface area contributed by atoms with Crippen molar-refractivity contribution in [2.24, 2.45) is 0 Å². The van der Waals surface area contributed by atoms with Crippen LogP contribution in [0.2, 0.25) is 0 Å². The van der Waals surface area contributed by atoms with E-state index in [2.05, 4.69) is 11.9 Å². The number of rotatable bonds is 1. The first-order chi connectivity index (χ1) is 2.77. The zero-order valence-corrected chi connectivity index (χ0v) is 3.69. The Hall–Kier alpha value is -0.790. The van der Waals surface area contributed by atoms with Crippen molar-refractivity contribution in [2.45, 2.75) is 14.4 Å². The minimum Gasteiger partial charge on any atom is -0.334 e. The summed E-state index contributed by atoms with van der Waals surface area (Å²) in [4.78, 5) is 9.86. The number of hydrogen-bond donors (Lipinski definition) is 1. The highest BCUT2D eigenvalue weighted by molar-refractivity contribution is 5.73. The van der Waals surface area contributed by atoms with E-state index in [-0.39, 0.29) is 13.3 Å². The third kappa shape index (κ3) is 11.0. The second-order valence-corrected chi connectivity index (χ2v) is 0.905. The van der Waals surface area contributed by atoms with Crippen LogP contribution in [0.5, 0.6) is 0 Å². The van der Waals surface area contributed by atoms with E-state index < -0.39 is 0 Å². The monoisotopic (exact) mass is 101 g/mol. The molecular weight excluding hydrogens is 90.1 g/mol. The lowest BCUT2D eigenvalue weighted by atomic mass is 10.7. The molecule has 0 aromatic rings. The van der Waals surface area contributed by atoms with Crippen LogP contribution >= 0.6 is 0 Å². The van der Waals surface area contributed by atoms with Gasteiger partial charge in [0.05, 0.1) is 0 Å². The zero-order valence-electron chi connectivity index (χ0n) is 3.69. The molecule has 0 aliphatic carbocycles. The van der Waals surface area contributed by atoms with E-state index in [0.29, 0.717) is 0 Å². The van der Waals surface area contributed by atoms with E-state index >= 15 is 0 Å². The van der Waals surface area contributed by atoms with E-state index in [1.807, 2.05) is 0 Å². The molecule has 0 radical (unpaired) electrons. The molecule has 0 bridgehead atoms. The van der Waals surface area contributed by atoms with Crippen LogP contribution in [0.3, 0.4) is 0 Å². The van der Waals surface area contributed by atoms with E-state index in [1.165, 1.54) is 13.1 Å². The molecular formula is C5H11NO. The van der Waals surface area contributed by atoms with Crippen molar-refractivity contribution in [3.05, 3.63) is 12.8 Å². The van der Waals surface area contributed by atoms with Gasteiger partial charge in [0.2, 0.25) is 5.91 Å². The molecule has 7 heavy (non-hydrogen) atoms. The lowest BCUT2D eigenvalue weighted by Gasteiger charge is -1.83. The number of nitrogens with one attached hydrogen (secondary N) is 1. The van der Waals surface area contributed by atoms with Crippen molar-refractivity contribution in [2.75, 3.05) is 0 Å². The van der Waals surface area contributed by atoms with E-state index in [0.717, 1.165) is 0 Å². The van der Waals surface area contributed by atoms with Crippen molar-refractivity contribution in [1.82, 2.24) is 5.32 Å². The molecule has 0 fully saturated rings. The minimum atomic E-state index is -0.0787. The van der Waals surface area contributed by atoms with Gasteiger partial charge in [0.25, 0.3) is 0 Å². The standard InChI is InChI=1S/C4H7NO.CH4/c1-3-5-4(2)6;/h3H,1H2,2H3,(H,5,6);1H4. The Kier molecular flexibility index (Phi) is 7.08. The molecule has 1 amide bonds. The van der Waals surface area contributed by atoms with Gasteiger partial charge in [0.15, 0.2) is 0 Å². The van der Waals surface area contributed by atoms with Gasteiger partial charge in [-0.1, -0.05) is 14.0 Å². The van der Waals surface area contributed by atoms with Gasteiger partial charge in [-0.3, -0.25) is 4.79 Å². The van der Waals surface area contributed by atoms with Crippen LogP contribution in [0.15, 0.2) is 12.8 Å². The van der Waals surface area contributed by atoms with Gasteiger partial charge in [0, 0.05) is 6.92 Å². The number of hydrogen-bond acceptors (Lipinski definition) is 1. The molecule has 0 rings (SSSR count). The van der Waals surface area contributed by atoms with Crippen LogP contribution in [0.1, 0.15) is 14.4 Å². The molecule has 0 aliphatic rings. The lowest BCUT2D eigenvalue weighted by Crippen LogP contribution is -2.10. The Morgan fingerprint density at radius 1 is 1.86 bits per heavy atom. The van der Waals surface area contributed by atoms with Crippen molar-refractivity contribution in [3.8, 4) is 0 Å². The van der Waals surface area contributed by atoms with Crippen LogP contribution < -0.4 is 5.32 Å². The Morgan fingerprint density at radius 2 is 2.29 bits per heavy atom. The van der Waals surface area contributed by atoms with Gasteiger partial charge in [-0.05, 0) is 6.20 Å². The summed E-state index contributed by atoms with van der Waals surface area (Å²) in [5.74, 6) is -0.0787. The van der Waals surface area contributed by atoms with Gasteiger partial charge < -0.3 is 5.32 Å². The Morgan fingerprint density at radius 3 is 2.29 bits per heavy atom. The minimum absolute atomic E-state index is 0.